The third kappa shape index (κ3) is 2.07. The predicted octanol–water partition coefficient (Wildman–Crippen LogP) is 3.39. The van der Waals surface area contributed by atoms with Crippen LogP contribution in [0.25, 0.3) is 11.0 Å². The van der Waals surface area contributed by atoms with Crippen molar-refractivity contribution >= 4 is 40.1 Å². The normalized spacial score (nSPS) is 20.9. The van der Waals surface area contributed by atoms with Crippen molar-refractivity contribution in [2.75, 3.05) is 13.6 Å². The standard InChI is InChI=1S/C14H15Cl2N3O/c1-8(15)13-17-10-4-3-9(16)7-12(10)19(13)11-5-6-18(2)14(11)20/h3-4,7-8,11H,5-6H2,1-2H3. The van der Waals surface area contributed by atoms with Crippen LogP contribution in [0.4, 0.5) is 0 Å². The van der Waals surface area contributed by atoms with Gasteiger partial charge < -0.3 is 9.47 Å². The Hall–Kier alpha value is -1.26. The van der Waals surface area contributed by atoms with E-state index in [1.165, 1.54) is 0 Å². The van der Waals surface area contributed by atoms with Gasteiger partial charge in [0.25, 0.3) is 0 Å². The fourth-order valence-corrected chi connectivity index (χ4v) is 3.06. The molecule has 1 aliphatic rings. The van der Waals surface area contributed by atoms with E-state index < -0.39 is 0 Å². The highest BCUT2D eigenvalue weighted by molar-refractivity contribution is 6.31. The number of hydrogen-bond acceptors (Lipinski definition) is 2. The summed E-state index contributed by atoms with van der Waals surface area (Å²) in [5.74, 6) is 0.820. The van der Waals surface area contributed by atoms with E-state index in [-0.39, 0.29) is 17.3 Å². The number of alkyl halides is 1. The number of amides is 1. The summed E-state index contributed by atoms with van der Waals surface area (Å²) < 4.78 is 1.95. The zero-order valence-electron chi connectivity index (χ0n) is 11.3. The second-order valence-corrected chi connectivity index (χ2v) is 6.24. The molecule has 2 unspecified atom stereocenters. The van der Waals surface area contributed by atoms with Crippen molar-refractivity contribution in [3.05, 3.63) is 29.0 Å². The Morgan fingerprint density at radius 3 is 2.80 bits per heavy atom. The molecule has 20 heavy (non-hydrogen) atoms. The third-order valence-corrected chi connectivity index (χ3v) is 4.18. The van der Waals surface area contributed by atoms with Crippen LogP contribution in [0.5, 0.6) is 0 Å². The number of carbonyl (C=O) groups excluding carboxylic acids is 1. The maximum atomic E-state index is 12.3. The van der Waals surface area contributed by atoms with Crippen LogP contribution in [0, 0.1) is 0 Å². The average Bonchev–Trinajstić information content (AvgIpc) is 2.91. The Bertz CT molecular complexity index is 680. The van der Waals surface area contributed by atoms with Crippen molar-refractivity contribution in [2.24, 2.45) is 0 Å². The van der Waals surface area contributed by atoms with Crippen LogP contribution in [-0.2, 0) is 4.79 Å². The molecule has 0 spiro atoms. The zero-order valence-corrected chi connectivity index (χ0v) is 12.8. The first-order valence-electron chi connectivity index (χ1n) is 6.55. The summed E-state index contributed by atoms with van der Waals surface area (Å²) in [6, 6.07) is 5.27. The van der Waals surface area contributed by atoms with Crippen molar-refractivity contribution in [3.63, 3.8) is 0 Å². The Balaban J connectivity index is 2.23. The van der Waals surface area contributed by atoms with Crippen LogP contribution in [0.15, 0.2) is 18.2 Å². The van der Waals surface area contributed by atoms with Crippen LogP contribution >= 0.6 is 23.2 Å². The quantitative estimate of drug-likeness (QED) is 0.797. The highest BCUT2D eigenvalue weighted by Crippen LogP contribution is 2.33. The monoisotopic (exact) mass is 311 g/mol. The van der Waals surface area contributed by atoms with Crippen molar-refractivity contribution in [1.82, 2.24) is 14.5 Å². The maximum Gasteiger partial charge on any atom is 0.245 e. The summed E-state index contributed by atoms with van der Waals surface area (Å²) in [6.45, 7) is 2.61. The molecule has 2 atom stereocenters. The van der Waals surface area contributed by atoms with Crippen LogP contribution in [0.3, 0.4) is 0 Å². The molecule has 1 aromatic carbocycles. The van der Waals surface area contributed by atoms with Crippen LogP contribution in [0.1, 0.15) is 30.6 Å². The number of aromatic nitrogens is 2. The predicted molar refractivity (Wildman–Crippen MR) is 80.3 cm³/mol. The lowest BCUT2D eigenvalue weighted by molar-refractivity contribution is -0.129. The summed E-state index contributed by atoms with van der Waals surface area (Å²) in [4.78, 5) is 18.6. The fourth-order valence-electron chi connectivity index (χ4n) is 2.74. The van der Waals surface area contributed by atoms with Crippen LogP contribution in [0.2, 0.25) is 5.02 Å². The first-order chi connectivity index (χ1) is 9.49. The van der Waals surface area contributed by atoms with Crippen molar-refractivity contribution < 1.29 is 4.79 Å². The number of fused-ring (bicyclic) bond motifs is 1. The lowest BCUT2D eigenvalue weighted by atomic mass is 10.2. The molecule has 1 saturated heterocycles. The van der Waals surface area contributed by atoms with Crippen molar-refractivity contribution in [3.8, 4) is 0 Å². The molecule has 106 valence electrons. The summed E-state index contributed by atoms with van der Waals surface area (Å²) in [7, 11) is 1.82. The molecule has 2 aromatic rings. The Labute approximate surface area is 127 Å². The molecular formula is C14H15Cl2N3O. The van der Waals surface area contributed by atoms with E-state index in [0.29, 0.717) is 5.02 Å². The van der Waals surface area contributed by atoms with Crippen molar-refractivity contribution in [2.45, 2.75) is 24.8 Å². The number of nitrogens with zero attached hydrogens (tertiary/aromatic N) is 3. The molecule has 0 N–H and O–H groups in total. The highest BCUT2D eigenvalue weighted by Gasteiger charge is 2.34. The molecule has 2 heterocycles. The van der Waals surface area contributed by atoms with Gasteiger partial charge in [0.1, 0.15) is 11.9 Å². The van der Waals surface area contributed by atoms with Gasteiger partial charge in [-0.1, -0.05) is 11.6 Å². The Morgan fingerprint density at radius 2 is 2.20 bits per heavy atom. The fraction of sp³-hybridized carbons (Fsp3) is 0.429. The molecule has 4 nitrogen and oxygen atoms in total. The molecule has 3 rings (SSSR count). The zero-order chi connectivity index (χ0) is 14.4. The number of imidazole rings is 1. The topological polar surface area (TPSA) is 38.1 Å². The molecule has 1 fully saturated rings. The van der Waals surface area contributed by atoms with Gasteiger partial charge in [-0.2, -0.15) is 0 Å². The van der Waals surface area contributed by atoms with Gasteiger partial charge in [-0.3, -0.25) is 4.79 Å². The van der Waals surface area contributed by atoms with E-state index in [4.69, 9.17) is 23.2 Å². The average molecular weight is 312 g/mol. The first-order valence-corrected chi connectivity index (χ1v) is 7.37. The molecule has 0 saturated carbocycles. The van der Waals surface area contributed by atoms with E-state index in [0.717, 1.165) is 29.8 Å². The van der Waals surface area contributed by atoms with E-state index in [9.17, 15) is 4.79 Å². The van der Waals surface area contributed by atoms with Gasteiger partial charge in [-0.15, -0.1) is 11.6 Å². The number of rotatable bonds is 2. The Kier molecular flexibility index (Phi) is 3.38. The van der Waals surface area contributed by atoms with Crippen molar-refractivity contribution in [1.29, 1.82) is 0 Å². The molecule has 0 radical (unpaired) electrons. The largest absolute Gasteiger partial charge is 0.344 e. The minimum Gasteiger partial charge on any atom is -0.344 e. The summed E-state index contributed by atoms with van der Waals surface area (Å²) in [5.41, 5.74) is 1.69. The van der Waals surface area contributed by atoms with Gasteiger partial charge in [0.2, 0.25) is 5.91 Å². The molecule has 0 aliphatic carbocycles. The van der Waals surface area contributed by atoms with E-state index in [1.807, 2.05) is 30.7 Å². The van der Waals surface area contributed by atoms with Gasteiger partial charge >= 0.3 is 0 Å². The second-order valence-electron chi connectivity index (χ2n) is 5.15. The van der Waals surface area contributed by atoms with Gasteiger partial charge in [0, 0.05) is 18.6 Å². The second kappa shape index (κ2) is 4.93. The minimum absolute atomic E-state index is 0.0999. The smallest absolute Gasteiger partial charge is 0.245 e. The number of halogens is 2. The Morgan fingerprint density at radius 1 is 1.45 bits per heavy atom. The molecule has 1 amide bonds. The SMILES string of the molecule is CC(Cl)c1nc2ccc(Cl)cc2n1C1CCN(C)C1=O. The van der Waals surface area contributed by atoms with E-state index in [2.05, 4.69) is 4.98 Å². The summed E-state index contributed by atoms with van der Waals surface area (Å²) >= 11 is 12.3. The van der Waals surface area contributed by atoms with Gasteiger partial charge in [-0.25, -0.2) is 4.98 Å². The number of carbonyl (C=O) groups is 1. The summed E-state index contributed by atoms with van der Waals surface area (Å²) in [6.07, 6.45) is 0.768. The molecule has 1 aliphatic heterocycles. The lowest BCUT2D eigenvalue weighted by Crippen LogP contribution is -2.25. The van der Waals surface area contributed by atoms with E-state index in [1.54, 1.807) is 11.0 Å². The molecule has 0 bridgehead atoms. The van der Waals surface area contributed by atoms with E-state index >= 15 is 0 Å². The summed E-state index contributed by atoms with van der Waals surface area (Å²) in [5, 5.41) is 0.367. The van der Waals surface area contributed by atoms with Crippen LogP contribution < -0.4 is 0 Å². The van der Waals surface area contributed by atoms with Crippen LogP contribution in [-0.4, -0.2) is 34.0 Å². The molecule has 6 heteroatoms. The maximum absolute atomic E-state index is 12.3. The van der Waals surface area contributed by atoms with Gasteiger partial charge in [-0.05, 0) is 31.5 Å². The number of benzene rings is 1. The minimum atomic E-state index is -0.264. The van der Waals surface area contributed by atoms with Gasteiger partial charge in [0.15, 0.2) is 0 Å². The number of likely N-dealkylation sites (N-methyl/N-ethyl adjacent to an activating group) is 1. The first kappa shape index (κ1) is 13.7. The number of likely N-dealkylation sites (tertiary alicyclic amines) is 1. The number of hydrogen-bond donors (Lipinski definition) is 0. The third-order valence-electron chi connectivity index (χ3n) is 3.75. The van der Waals surface area contributed by atoms with Gasteiger partial charge in [0.05, 0.1) is 16.4 Å². The molecular weight excluding hydrogens is 297 g/mol. The highest BCUT2D eigenvalue weighted by atomic mass is 35.5. The lowest BCUT2D eigenvalue weighted by Gasteiger charge is -2.17. The molecule has 1 aromatic heterocycles.